The van der Waals surface area contributed by atoms with Gasteiger partial charge in [0.05, 0.1) is 15.6 Å². The zero-order valence-electron chi connectivity index (χ0n) is 12.2. The number of rotatable bonds is 7. The zero-order valence-corrected chi connectivity index (χ0v) is 22.4. The predicted octanol–water partition coefficient (Wildman–Crippen LogP) is -17.2. The van der Waals surface area contributed by atoms with Gasteiger partial charge in [-0.15, -0.1) is 0 Å². The number of carbonyl (C=O) groups is 2. The number of phosphoric ester groups is 2. The number of aliphatic carboxylic acids is 2. The quantitative estimate of drug-likeness (QED) is 0.262. The smallest absolute Gasteiger partial charge is 1.00 e. The van der Waals surface area contributed by atoms with E-state index in [9.17, 15) is 38.3 Å². The van der Waals surface area contributed by atoms with Gasteiger partial charge >= 0.3 is 147 Å². The van der Waals surface area contributed by atoms with Crippen molar-refractivity contribution in [2.45, 2.75) is 12.2 Å². The minimum atomic E-state index is -5.95. The molecule has 0 saturated carbocycles. The van der Waals surface area contributed by atoms with Gasteiger partial charge in [-0.05, 0) is 0 Å². The SMILES string of the molecule is O=C(O)C(OP(=O)([O-])[O-])C(OP(=O)([O-])[O-])C(=O)O.[Ca+2].[Ca+2].[F-].[F-].[Na+].[Na+]. The number of hydrogen-bond acceptors (Lipinski definition) is 10. The third-order valence-corrected chi connectivity index (χ3v) is 2.22. The van der Waals surface area contributed by atoms with Crippen LogP contribution in [0.5, 0.6) is 0 Å². The van der Waals surface area contributed by atoms with Crippen LogP contribution >= 0.6 is 15.6 Å². The second-order valence-corrected chi connectivity index (χ2v) is 4.83. The van der Waals surface area contributed by atoms with Gasteiger partial charge in [-0.2, -0.15) is 0 Å². The molecule has 0 aliphatic carbocycles. The van der Waals surface area contributed by atoms with Crippen LogP contribution < -0.4 is 88.1 Å². The van der Waals surface area contributed by atoms with Crippen LogP contribution in [-0.4, -0.2) is 110 Å². The third-order valence-electron chi connectivity index (χ3n) is 1.25. The van der Waals surface area contributed by atoms with Gasteiger partial charge in [0.1, 0.15) is 0 Å². The summed E-state index contributed by atoms with van der Waals surface area (Å²) >= 11 is 0. The Morgan fingerprint density at radius 2 is 0.917 bits per heavy atom. The van der Waals surface area contributed by atoms with E-state index in [0.29, 0.717) is 0 Å². The van der Waals surface area contributed by atoms with Gasteiger partial charge in [0.25, 0.3) is 0 Å². The van der Waals surface area contributed by atoms with Crippen molar-refractivity contribution in [3.05, 3.63) is 0 Å². The summed E-state index contributed by atoms with van der Waals surface area (Å²) in [6, 6.07) is 0. The van der Waals surface area contributed by atoms with Crippen molar-refractivity contribution < 1.29 is 126 Å². The normalized spacial score (nSPS) is 12.0. The van der Waals surface area contributed by atoms with Gasteiger partial charge in [0.15, 0.2) is 12.2 Å². The summed E-state index contributed by atoms with van der Waals surface area (Å²) in [7, 11) is -11.9. The Labute approximate surface area is 237 Å². The predicted molar refractivity (Wildman–Crippen MR) is 51.7 cm³/mol. The molecular weight excluding hydrogens is 466 g/mol. The minimum Gasteiger partial charge on any atom is -1.00 e. The number of phosphoric acid groups is 2. The molecule has 0 bridgehead atoms. The molecule has 122 valence electrons. The Morgan fingerprint density at radius 3 is 1.00 bits per heavy atom. The molecule has 0 spiro atoms. The Bertz CT molecular complexity index is 405. The van der Waals surface area contributed by atoms with Crippen LogP contribution in [0.3, 0.4) is 0 Å². The molecule has 2 unspecified atom stereocenters. The van der Waals surface area contributed by atoms with Crippen molar-refractivity contribution in [1.29, 1.82) is 0 Å². The molecule has 0 aromatic rings. The van der Waals surface area contributed by atoms with Gasteiger partial charge in [0, 0.05) is 0 Å². The zero-order chi connectivity index (χ0) is 14.7. The summed E-state index contributed by atoms with van der Waals surface area (Å²) in [4.78, 5) is 61.5. The summed E-state index contributed by atoms with van der Waals surface area (Å²) in [5.41, 5.74) is 0. The summed E-state index contributed by atoms with van der Waals surface area (Å²) < 4.78 is 26.9. The Kier molecular flexibility index (Phi) is 38.0. The van der Waals surface area contributed by atoms with Crippen LogP contribution in [0.15, 0.2) is 0 Å². The first-order valence-electron chi connectivity index (χ1n) is 3.70. The minimum absolute atomic E-state index is 0. The molecule has 20 heteroatoms. The number of carboxylic acids is 2. The number of carboxylic acid groups (broad SMARTS) is 2. The van der Waals surface area contributed by atoms with Crippen molar-refractivity contribution in [2.75, 3.05) is 0 Å². The fourth-order valence-electron chi connectivity index (χ4n) is 0.738. The van der Waals surface area contributed by atoms with Crippen LogP contribution in [0.4, 0.5) is 0 Å². The molecule has 0 aliphatic rings. The first kappa shape index (κ1) is 46.0. The molecule has 0 radical (unpaired) electrons. The maximum Gasteiger partial charge on any atom is 2.00 e. The third kappa shape index (κ3) is 23.6. The van der Waals surface area contributed by atoms with E-state index in [4.69, 9.17) is 10.2 Å². The van der Waals surface area contributed by atoms with E-state index in [-0.39, 0.29) is 144 Å². The van der Waals surface area contributed by atoms with Crippen molar-refractivity contribution in [2.24, 2.45) is 0 Å². The van der Waals surface area contributed by atoms with Gasteiger partial charge < -0.3 is 57.4 Å². The van der Waals surface area contributed by atoms with Crippen LogP contribution in [0.2, 0.25) is 0 Å². The van der Waals surface area contributed by atoms with E-state index in [1.807, 2.05) is 0 Å². The molecule has 12 nitrogen and oxygen atoms in total. The van der Waals surface area contributed by atoms with Gasteiger partial charge in [-0.1, -0.05) is 0 Å². The van der Waals surface area contributed by atoms with E-state index in [2.05, 4.69) is 9.05 Å². The van der Waals surface area contributed by atoms with Gasteiger partial charge in [-0.3, -0.25) is 0 Å². The average Bonchev–Trinajstić information content (AvgIpc) is 2.06. The first-order chi connectivity index (χ1) is 7.83. The standard InChI is InChI=1S/C4H8O12P2.2Ca.2FH.2Na/c5-3(6)1(15-17(9,10)11)2(4(7)8)16-18(12,13)14;;;;;;/h1-2H,(H,5,6)(H,7,8)(H2,9,10,11)(H2,12,13,14);;;2*1H;;/q;2*+2;;;2*+1/p-6. The molecule has 24 heavy (non-hydrogen) atoms. The summed E-state index contributed by atoms with van der Waals surface area (Å²) in [5.74, 6) is -4.66. The van der Waals surface area contributed by atoms with E-state index >= 15 is 0 Å². The monoisotopic (exact) mass is 470 g/mol. The topological polar surface area (TPSA) is 219 Å². The molecule has 0 fully saturated rings. The molecule has 0 rings (SSSR count). The maximum absolute atomic E-state index is 10.4. The van der Waals surface area contributed by atoms with Crippen molar-refractivity contribution in [1.82, 2.24) is 0 Å². The second-order valence-electron chi connectivity index (χ2n) is 2.62. The van der Waals surface area contributed by atoms with E-state index < -0.39 is 39.8 Å². The largest absolute Gasteiger partial charge is 2.00 e. The first-order valence-corrected chi connectivity index (χ1v) is 6.62. The molecule has 0 aromatic heterocycles. The van der Waals surface area contributed by atoms with Gasteiger partial charge in [0.2, 0.25) is 0 Å². The maximum atomic E-state index is 10.4. The molecule has 0 heterocycles. The molecule has 0 aromatic carbocycles. The summed E-state index contributed by atoms with van der Waals surface area (Å²) in [5, 5.41) is 16.8. The molecule has 2 atom stereocenters. The Hall–Kier alpha value is 3.54. The van der Waals surface area contributed by atoms with E-state index in [0.717, 1.165) is 0 Å². The van der Waals surface area contributed by atoms with Crippen LogP contribution in [0.25, 0.3) is 0 Å². The van der Waals surface area contributed by atoms with Crippen molar-refractivity contribution >= 4 is 103 Å². The number of hydrogen-bond donors (Lipinski definition) is 2. The molecule has 0 saturated heterocycles. The average molecular weight is 470 g/mol. The van der Waals surface area contributed by atoms with E-state index in [1.54, 1.807) is 0 Å². The van der Waals surface area contributed by atoms with Crippen molar-refractivity contribution in [3.8, 4) is 0 Å². The van der Waals surface area contributed by atoms with Crippen LogP contribution in [0, 0.1) is 0 Å². The number of halogens is 2. The van der Waals surface area contributed by atoms with Crippen LogP contribution in [0.1, 0.15) is 0 Å². The summed E-state index contributed by atoms with van der Waals surface area (Å²) in [6.07, 6.45) is -6.03. The Balaban J connectivity index is -0.0000000963. The summed E-state index contributed by atoms with van der Waals surface area (Å²) in [6.45, 7) is 0. The van der Waals surface area contributed by atoms with Crippen molar-refractivity contribution in [3.63, 3.8) is 0 Å². The molecule has 2 N–H and O–H groups in total. The fraction of sp³-hybridized carbons (Fsp3) is 0.500. The second kappa shape index (κ2) is 19.8. The molecule has 0 amide bonds. The van der Waals surface area contributed by atoms with Gasteiger partial charge in [-0.25, -0.2) is 9.59 Å². The molecular formula is C4H4Ca2F2Na2O12P2. The van der Waals surface area contributed by atoms with E-state index in [1.165, 1.54) is 0 Å². The fourth-order valence-corrected chi connectivity index (χ4v) is 1.70. The Morgan fingerprint density at radius 1 is 0.750 bits per heavy atom. The van der Waals surface area contributed by atoms with Crippen LogP contribution in [-0.2, 0) is 27.8 Å². The molecule has 0 aliphatic heterocycles.